The minimum atomic E-state index is -0.626. The van der Waals surface area contributed by atoms with Gasteiger partial charge in [0.05, 0.1) is 0 Å². The molecule has 3 nitrogen and oxygen atoms in total. The Bertz CT molecular complexity index is 301. The molecule has 0 aromatic carbocycles. The first-order valence-corrected chi connectivity index (χ1v) is 6.87. The zero-order chi connectivity index (χ0) is 12.6. The fourth-order valence-electron chi connectivity index (χ4n) is 4.04. The molecule has 2 fully saturated rings. The highest BCUT2D eigenvalue weighted by Crippen LogP contribution is 2.42. The molecule has 2 rings (SSSR count). The monoisotopic (exact) mass is 239 g/mol. The molecule has 1 aliphatic carbocycles. The maximum Gasteiger partial charge on any atom is 0.320 e. The van der Waals surface area contributed by atoms with Crippen LogP contribution in [0.1, 0.15) is 52.9 Å². The molecule has 0 spiro atoms. The van der Waals surface area contributed by atoms with Gasteiger partial charge in [-0.05, 0) is 50.0 Å². The number of rotatable bonds is 2. The summed E-state index contributed by atoms with van der Waals surface area (Å²) in [4.78, 5) is 13.5. The molecule has 1 N–H and O–H groups in total. The van der Waals surface area contributed by atoms with Gasteiger partial charge in [-0.25, -0.2) is 0 Å². The van der Waals surface area contributed by atoms with Crippen molar-refractivity contribution in [2.45, 2.75) is 65.0 Å². The SMILES string of the molecule is CC1CC(N2CCCC2C(=O)O)CC(C)(C)C1. The lowest BCUT2D eigenvalue weighted by atomic mass is 9.70. The summed E-state index contributed by atoms with van der Waals surface area (Å²) in [7, 11) is 0. The van der Waals surface area contributed by atoms with Crippen molar-refractivity contribution in [2.24, 2.45) is 11.3 Å². The van der Waals surface area contributed by atoms with Gasteiger partial charge in [0.15, 0.2) is 0 Å². The van der Waals surface area contributed by atoms with E-state index < -0.39 is 5.97 Å². The molecule has 98 valence electrons. The predicted molar refractivity (Wildman–Crippen MR) is 67.9 cm³/mol. The van der Waals surface area contributed by atoms with E-state index in [1.54, 1.807) is 0 Å². The Kier molecular flexibility index (Phi) is 3.48. The molecular formula is C14H25NO2. The zero-order valence-electron chi connectivity index (χ0n) is 11.3. The van der Waals surface area contributed by atoms with Gasteiger partial charge >= 0.3 is 5.97 Å². The van der Waals surface area contributed by atoms with Crippen molar-refractivity contribution in [1.29, 1.82) is 0 Å². The van der Waals surface area contributed by atoms with Crippen molar-refractivity contribution in [1.82, 2.24) is 4.90 Å². The Balaban J connectivity index is 2.08. The molecular weight excluding hydrogens is 214 g/mol. The van der Waals surface area contributed by atoms with Crippen LogP contribution in [0.3, 0.4) is 0 Å². The summed E-state index contributed by atoms with van der Waals surface area (Å²) < 4.78 is 0. The Labute approximate surface area is 104 Å². The smallest absolute Gasteiger partial charge is 0.320 e. The van der Waals surface area contributed by atoms with Crippen LogP contribution in [0, 0.1) is 11.3 Å². The summed E-state index contributed by atoms with van der Waals surface area (Å²) in [6.45, 7) is 7.92. The lowest BCUT2D eigenvalue weighted by Gasteiger charge is -2.44. The van der Waals surface area contributed by atoms with Gasteiger partial charge in [0.2, 0.25) is 0 Å². The maximum atomic E-state index is 11.3. The maximum absolute atomic E-state index is 11.3. The molecule has 1 saturated carbocycles. The third-order valence-corrected chi connectivity index (χ3v) is 4.41. The first-order chi connectivity index (χ1) is 7.89. The van der Waals surface area contributed by atoms with Crippen LogP contribution in [0.5, 0.6) is 0 Å². The van der Waals surface area contributed by atoms with Crippen LogP contribution >= 0.6 is 0 Å². The van der Waals surface area contributed by atoms with E-state index in [4.69, 9.17) is 0 Å². The van der Waals surface area contributed by atoms with Crippen LogP contribution in [0.2, 0.25) is 0 Å². The number of likely N-dealkylation sites (tertiary alicyclic amines) is 1. The van der Waals surface area contributed by atoms with Crippen molar-refractivity contribution in [3.05, 3.63) is 0 Å². The average Bonchev–Trinajstić information content (AvgIpc) is 2.61. The van der Waals surface area contributed by atoms with E-state index in [1.807, 2.05) is 0 Å². The van der Waals surface area contributed by atoms with E-state index in [9.17, 15) is 9.90 Å². The van der Waals surface area contributed by atoms with Gasteiger partial charge < -0.3 is 5.11 Å². The van der Waals surface area contributed by atoms with Crippen LogP contribution in [-0.4, -0.2) is 34.6 Å². The topological polar surface area (TPSA) is 40.5 Å². The van der Waals surface area contributed by atoms with Crippen molar-refractivity contribution in [2.75, 3.05) is 6.54 Å². The lowest BCUT2D eigenvalue weighted by molar-refractivity contribution is -0.143. The molecule has 2 aliphatic rings. The molecule has 3 atom stereocenters. The molecule has 0 aromatic rings. The molecule has 3 unspecified atom stereocenters. The summed E-state index contributed by atoms with van der Waals surface area (Å²) in [6.07, 6.45) is 5.48. The largest absolute Gasteiger partial charge is 0.480 e. The summed E-state index contributed by atoms with van der Waals surface area (Å²) in [5.41, 5.74) is 0.369. The summed E-state index contributed by atoms with van der Waals surface area (Å²) in [5, 5.41) is 9.27. The van der Waals surface area contributed by atoms with E-state index in [2.05, 4.69) is 25.7 Å². The lowest BCUT2D eigenvalue weighted by Crippen LogP contribution is -2.48. The van der Waals surface area contributed by atoms with E-state index in [0.717, 1.165) is 31.7 Å². The summed E-state index contributed by atoms with van der Waals surface area (Å²) >= 11 is 0. The normalized spacial score (nSPS) is 38.2. The number of hydrogen-bond acceptors (Lipinski definition) is 2. The van der Waals surface area contributed by atoms with Gasteiger partial charge in [-0.1, -0.05) is 20.8 Å². The second kappa shape index (κ2) is 4.60. The van der Waals surface area contributed by atoms with Crippen LogP contribution in [0.25, 0.3) is 0 Å². The zero-order valence-corrected chi connectivity index (χ0v) is 11.3. The van der Waals surface area contributed by atoms with Crippen LogP contribution < -0.4 is 0 Å². The van der Waals surface area contributed by atoms with Crippen molar-refractivity contribution in [3.8, 4) is 0 Å². The van der Waals surface area contributed by atoms with Gasteiger partial charge in [0.1, 0.15) is 6.04 Å². The average molecular weight is 239 g/mol. The highest BCUT2D eigenvalue weighted by atomic mass is 16.4. The number of aliphatic carboxylic acids is 1. The molecule has 1 saturated heterocycles. The van der Waals surface area contributed by atoms with Crippen molar-refractivity contribution < 1.29 is 9.90 Å². The van der Waals surface area contributed by atoms with Crippen LogP contribution in [-0.2, 0) is 4.79 Å². The first-order valence-electron chi connectivity index (χ1n) is 6.87. The van der Waals surface area contributed by atoms with E-state index >= 15 is 0 Å². The molecule has 0 radical (unpaired) electrons. The highest BCUT2D eigenvalue weighted by molar-refractivity contribution is 5.73. The van der Waals surface area contributed by atoms with Gasteiger partial charge in [0.25, 0.3) is 0 Å². The Morgan fingerprint density at radius 2 is 2.06 bits per heavy atom. The standard InChI is InChI=1S/C14H25NO2/c1-10-7-11(9-14(2,3)8-10)15-6-4-5-12(15)13(16)17/h10-12H,4-9H2,1-3H3,(H,16,17). The molecule has 1 heterocycles. The number of nitrogens with zero attached hydrogens (tertiary/aromatic N) is 1. The Morgan fingerprint density at radius 1 is 1.35 bits per heavy atom. The second-order valence-corrected chi connectivity index (χ2v) is 6.80. The molecule has 0 amide bonds. The number of carboxylic acid groups (broad SMARTS) is 1. The number of hydrogen-bond donors (Lipinski definition) is 1. The predicted octanol–water partition coefficient (Wildman–Crippen LogP) is 2.75. The van der Waals surface area contributed by atoms with Crippen molar-refractivity contribution >= 4 is 5.97 Å². The quantitative estimate of drug-likeness (QED) is 0.805. The number of carbonyl (C=O) groups is 1. The highest BCUT2D eigenvalue weighted by Gasteiger charge is 2.40. The van der Waals surface area contributed by atoms with Gasteiger partial charge in [-0.3, -0.25) is 9.69 Å². The molecule has 3 heteroatoms. The van der Waals surface area contributed by atoms with Gasteiger partial charge in [0, 0.05) is 6.04 Å². The minimum Gasteiger partial charge on any atom is -0.480 e. The second-order valence-electron chi connectivity index (χ2n) is 6.80. The first kappa shape index (κ1) is 12.9. The third kappa shape index (κ3) is 2.82. The fourth-order valence-corrected chi connectivity index (χ4v) is 4.04. The van der Waals surface area contributed by atoms with Crippen LogP contribution in [0.4, 0.5) is 0 Å². The van der Waals surface area contributed by atoms with Crippen molar-refractivity contribution in [3.63, 3.8) is 0 Å². The van der Waals surface area contributed by atoms with E-state index in [0.29, 0.717) is 11.5 Å². The Hall–Kier alpha value is -0.570. The Morgan fingerprint density at radius 3 is 2.65 bits per heavy atom. The summed E-state index contributed by atoms with van der Waals surface area (Å²) in [6, 6.07) is 0.262. The van der Waals surface area contributed by atoms with Crippen LogP contribution in [0.15, 0.2) is 0 Å². The fraction of sp³-hybridized carbons (Fsp3) is 0.929. The number of carboxylic acids is 1. The molecule has 0 bridgehead atoms. The molecule has 0 aromatic heterocycles. The van der Waals surface area contributed by atoms with Gasteiger partial charge in [-0.2, -0.15) is 0 Å². The van der Waals surface area contributed by atoms with E-state index in [-0.39, 0.29) is 6.04 Å². The summed E-state index contributed by atoms with van der Waals surface area (Å²) in [5.74, 6) is 0.0947. The van der Waals surface area contributed by atoms with E-state index in [1.165, 1.54) is 12.8 Å². The molecule has 1 aliphatic heterocycles. The molecule has 17 heavy (non-hydrogen) atoms. The third-order valence-electron chi connectivity index (χ3n) is 4.41. The van der Waals surface area contributed by atoms with Gasteiger partial charge in [-0.15, -0.1) is 0 Å². The minimum absolute atomic E-state index is 0.221.